The largest absolute Gasteiger partial charge is 0.496 e. The number of benzene rings is 2. The molecule has 0 aliphatic carbocycles. The molecule has 29 heavy (non-hydrogen) atoms. The molecule has 1 aliphatic rings. The number of aliphatic imine (C=N–C) groups is 1. The van der Waals surface area contributed by atoms with Crippen LogP contribution in [0, 0.1) is 12.8 Å². The van der Waals surface area contributed by atoms with Crippen molar-refractivity contribution < 1.29 is 9.47 Å². The predicted octanol–water partition coefficient (Wildman–Crippen LogP) is 4.45. The molecule has 0 amide bonds. The van der Waals surface area contributed by atoms with Crippen molar-refractivity contribution in [2.24, 2.45) is 10.9 Å². The average molecular weight is 509 g/mol. The Bertz CT molecular complexity index is 783. The van der Waals surface area contributed by atoms with Gasteiger partial charge in [-0.15, -0.1) is 24.0 Å². The number of rotatable bonds is 7. The molecule has 0 bridgehead atoms. The Labute approximate surface area is 191 Å². The van der Waals surface area contributed by atoms with Crippen molar-refractivity contribution in [2.45, 2.75) is 32.9 Å². The normalized spacial score (nSPS) is 18.8. The Morgan fingerprint density at radius 1 is 1.17 bits per heavy atom. The molecule has 0 saturated carbocycles. The van der Waals surface area contributed by atoms with Crippen molar-refractivity contribution in [3.63, 3.8) is 0 Å². The summed E-state index contributed by atoms with van der Waals surface area (Å²) in [6.45, 7) is 7.17. The zero-order chi connectivity index (χ0) is 19.8. The molecule has 6 heteroatoms. The molecule has 1 fully saturated rings. The minimum absolute atomic E-state index is 0. The molecule has 2 N–H and O–H groups in total. The molecule has 0 radical (unpaired) electrons. The zero-order valence-electron chi connectivity index (χ0n) is 17.5. The summed E-state index contributed by atoms with van der Waals surface area (Å²) in [4.78, 5) is 4.75. The van der Waals surface area contributed by atoms with Crippen molar-refractivity contribution >= 4 is 29.9 Å². The van der Waals surface area contributed by atoms with Crippen molar-refractivity contribution in [3.05, 3.63) is 65.2 Å². The summed E-state index contributed by atoms with van der Waals surface area (Å²) in [7, 11) is 1.70. The monoisotopic (exact) mass is 509 g/mol. The first-order chi connectivity index (χ1) is 13.7. The van der Waals surface area contributed by atoms with Gasteiger partial charge in [-0.3, -0.25) is 0 Å². The van der Waals surface area contributed by atoms with Crippen LogP contribution in [0.4, 0.5) is 0 Å². The Balaban J connectivity index is 0.00000300. The van der Waals surface area contributed by atoms with Crippen LogP contribution in [0.25, 0.3) is 0 Å². The van der Waals surface area contributed by atoms with Crippen LogP contribution in [0.3, 0.4) is 0 Å². The second-order valence-electron chi connectivity index (χ2n) is 7.14. The predicted molar refractivity (Wildman–Crippen MR) is 129 cm³/mol. The number of aryl methyl sites for hydroxylation is 1. The van der Waals surface area contributed by atoms with Crippen molar-refractivity contribution in [1.29, 1.82) is 0 Å². The molecule has 1 heterocycles. The van der Waals surface area contributed by atoms with Gasteiger partial charge in [0.25, 0.3) is 0 Å². The summed E-state index contributed by atoms with van der Waals surface area (Å²) in [5.74, 6) is 2.14. The summed E-state index contributed by atoms with van der Waals surface area (Å²) in [6.07, 6.45) is 1.20. The van der Waals surface area contributed by atoms with E-state index in [9.17, 15) is 0 Å². The Kier molecular flexibility index (Phi) is 9.73. The van der Waals surface area contributed by atoms with Crippen molar-refractivity contribution in [2.75, 3.05) is 26.8 Å². The lowest BCUT2D eigenvalue weighted by atomic mass is 9.95. The smallest absolute Gasteiger partial charge is 0.191 e. The average Bonchev–Trinajstić information content (AvgIpc) is 3.20. The highest BCUT2D eigenvalue weighted by atomic mass is 127. The summed E-state index contributed by atoms with van der Waals surface area (Å²) in [5, 5.41) is 6.84. The summed E-state index contributed by atoms with van der Waals surface area (Å²) in [6, 6.07) is 16.7. The van der Waals surface area contributed by atoms with Gasteiger partial charge in [0.05, 0.1) is 19.8 Å². The highest BCUT2D eigenvalue weighted by Crippen LogP contribution is 2.33. The van der Waals surface area contributed by atoms with Crippen molar-refractivity contribution in [1.82, 2.24) is 10.6 Å². The van der Waals surface area contributed by atoms with Crippen LogP contribution in [0.5, 0.6) is 5.75 Å². The number of halogens is 1. The van der Waals surface area contributed by atoms with E-state index >= 15 is 0 Å². The Hall–Kier alpha value is -1.80. The lowest BCUT2D eigenvalue weighted by Crippen LogP contribution is -2.40. The van der Waals surface area contributed by atoms with Gasteiger partial charge in [-0.05, 0) is 37.5 Å². The molecular formula is C23H32IN3O2. The van der Waals surface area contributed by atoms with Gasteiger partial charge in [0.1, 0.15) is 5.75 Å². The maximum atomic E-state index is 6.00. The fourth-order valence-corrected chi connectivity index (χ4v) is 3.57. The van der Waals surface area contributed by atoms with Crippen LogP contribution in [-0.4, -0.2) is 32.8 Å². The third kappa shape index (κ3) is 6.60. The number of nitrogens with one attached hydrogen (secondary N) is 2. The minimum atomic E-state index is 0. The topological polar surface area (TPSA) is 54.9 Å². The quantitative estimate of drug-likeness (QED) is 0.329. The lowest BCUT2D eigenvalue weighted by Gasteiger charge is -2.21. The van der Waals surface area contributed by atoms with Gasteiger partial charge in [0, 0.05) is 31.2 Å². The fraction of sp³-hybridized carbons (Fsp3) is 0.435. The standard InChI is InChI=1S/C23H31N3O2.HI/c1-4-24-23(25-15-19-11-10-17(2)14-21(19)27-3)26-16-20-12-13-28-22(20)18-8-6-5-7-9-18;/h5-11,14,20,22H,4,12-13,15-16H2,1-3H3,(H2,24,25,26);1H. The first-order valence-corrected chi connectivity index (χ1v) is 10.0. The summed E-state index contributed by atoms with van der Waals surface area (Å²) in [5.41, 5.74) is 3.51. The van der Waals surface area contributed by atoms with Gasteiger partial charge in [0.2, 0.25) is 0 Å². The fourth-order valence-electron chi connectivity index (χ4n) is 3.57. The second-order valence-corrected chi connectivity index (χ2v) is 7.14. The van der Waals surface area contributed by atoms with Gasteiger partial charge >= 0.3 is 0 Å². The van der Waals surface area contributed by atoms with Crippen LogP contribution < -0.4 is 15.4 Å². The maximum Gasteiger partial charge on any atom is 0.191 e. The Morgan fingerprint density at radius 2 is 1.97 bits per heavy atom. The van der Waals surface area contributed by atoms with Gasteiger partial charge in [0.15, 0.2) is 5.96 Å². The van der Waals surface area contributed by atoms with E-state index in [0.29, 0.717) is 12.5 Å². The summed E-state index contributed by atoms with van der Waals surface area (Å²) >= 11 is 0. The van der Waals surface area contributed by atoms with Crippen LogP contribution in [0.15, 0.2) is 53.5 Å². The van der Waals surface area contributed by atoms with Crippen LogP contribution in [0.1, 0.15) is 36.1 Å². The number of hydrogen-bond donors (Lipinski definition) is 2. The second kappa shape index (κ2) is 12.0. The zero-order valence-corrected chi connectivity index (χ0v) is 19.8. The third-order valence-electron chi connectivity index (χ3n) is 5.07. The molecule has 1 aliphatic heterocycles. The molecule has 1 saturated heterocycles. The van der Waals surface area contributed by atoms with Crippen LogP contribution in [-0.2, 0) is 11.3 Å². The molecular weight excluding hydrogens is 477 g/mol. The molecule has 158 valence electrons. The molecule has 0 aromatic heterocycles. The van der Waals surface area contributed by atoms with E-state index in [2.05, 4.69) is 60.9 Å². The van der Waals surface area contributed by atoms with Gasteiger partial charge in [-0.25, -0.2) is 4.99 Å². The molecule has 5 nitrogen and oxygen atoms in total. The van der Waals surface area contributed by atoms with E-state index in [1.165, 1.54) is 11.1 Å². The highest BCUT2D eigenvalue weighted by molar-refractivity contribution is 14.0. The first-order valence-electron chi connectivity index (χ1n) is 10.0. The van der Waals surface area contributed by atoms with Gasteiger partial charge in [-0.1, -0.05) is 42.5 Å². The SMILES string of the molecule is CCNC(=NCc1ccc(C)cc1OC)NCC1CCOC1c1ccccc1.I. The number of nitrogens with zero attached hydrogens (tertiary/aromatic N) is 1. The van der Waals surface area contributed by atoms with E-state index in [-0.39, 0.29) is 30.1 Å². The highest BCUT2D eigenvalue weighted by Gasteiger charge is 2.29. The summed E-state index contributed by atoms with van der Waals surface area (Å²) < 4.78 is 11.5. The van der Waals surface area contributed by atoms with E-state index in [1.807, 2.05) is 12.1 Å². The van der Waals surface area contributed by atoms with Crippen LogP contribution >= 0.6 is 24.0 Å². The van der Waals surface area contributed by atoms with E-state index in [4.69, 9.17) is 14.5 Å². The molecule has 3 rings (SSSR count). The Morgan fingerprint density at radius 3 is 2.69 bits per heavy atom. The van der Waals surface area contributed by atoms with Crippen LogP contribution in [0.2, 0.25) is 0 Å². The van der Waals surface area contributed by atoms with E-state index < -0.39 is 0 Å². The minimum Gasteiger partial charge on any atom is -0.496 e. The van der Waals surface area contributed by atoms with Crippen molar-refractivity contribution in [3.8, 4) is 5.75 Å². The third-order valence-corrected chi connectivity index (χ3v) is 5.07. The molecule has 2 aromatic rings. The number of methoxy groups -OCH3 is 1. The first kappa shape index (κ1) is 23.5. The van der Waals surface area contributed by atoms with E-state index in [0.717, 1.165) is 43.4 Å². The molecule has 0 spiro atoms. The lowest BCUT2D eigenvalue weighted by molar-refractivity contribution is 0.0915. The van der Waals surface area contributed by atoms with E-state index in [1.54, 1.807) is 7.11 Å². The molecule has 2 atom stereocenters. The number of ether oxygens (including phenoxy) is 2. The molecule has 2 unspecified atom stereocenters. The number of hydrogen-bond acceptors (Lipinski definition) is 3. The van der Waals surface area contributed by atoms with Gasteiger partial charge < -0.3 is 20.1 Å². The maximum absolute atomic E-state index is 6.00. The molecule has 2 aromatic carbocycles. The van der Waals surface area contributed by atoms with Gasteiger partial charge in [-0.2, -0.15) is 0 Å². The number of guanidine groups is 1.